The van der Waals surface area contributed by atoms with E-state index in [2.05, 4.69) is 30.3 Å². The van der Waals surface area contributed by atoms with Crippen molar-refractivity contribution in [1.82, 2.24) is 0 Å². The first-order chi connectivity index (χ1) is 10.8. The number of aldehydes is 1. The summed E-state index contributed by atoms with van der Waals surface area (Å²) in [4.78, 5) is 10.7. The van der Waals surface area contributed by atoms with Crippen molar-refractivity contribution < 1.29 is 9.53 Å². The number of benzene rings is 3. The van der Waals surface area contributed by atoms with Crippen LogP contribution in [0.4, 0.5) is 0 Å². The second-order valence-corrected chi connectivity index (χ2v) is 5.05. The maximum Gasteiger partial charge on any atom is 0.150 e. The molecule has 0 spiro atoms. The summed E-state index contributed by atoms with van der Waals surface area (Å²) in [6, 6.07) is 24.0. The SMILES string of the molecule is COc1cccc(-c2ccc(-c3ccc(C=O)cc3)cc2)c1. The summed E-state index contributed by atoms with van der Waals surface area (Å²) in [5, 5.41) is 0. The van der Waals surface area contributed by atoms with Crippen molar-refractivity contribution in [3.05, 3.63) is 78.4 Å². The number of methoxy groups -OCH3 is 1. The number of carbonyl (C=O) groups is 1. The van der Waals surface area contributed by atoms with Crippen LogP contribution in [-0.4, -0.2) is 13.4 Å². The molecular weight excluding hydrogens is 272 g/mol. The van der Waals surface area contributed by atoms with Crippen LogP contribution in [-0.2, 0) is 0 Å². The molecule has 0 radical (unpaired) electrons. The van der Waals surface area contributed by atoms with Crippen molar-refractivity contribution >= 4 is 6.29 Å². The molecule has 2 heteroatoms. The zero-order valence-corrected chi connectivity index (χ0v) is 12.3. The maximum atomic E-state index is 10.7. The largest absolute Gasteiger partial charge is 0.497 e. The number of ether oxygens (including phenoxy) is 1. The quantitative estimate of drug-likeness (QED) is 0.642. The zero-order valence-electron chi connectivity index (χ0n) is 12.3. The molecule has 0 atom stereocenters. The van der Waals surface area contributed by atoms with E-state index >= 15 is 0 Å². The summed E-state index contributed by atoms with van der Waals surface area (Å²) in [5.74, 6) is 0.853. The molecule has 0 bridgehead atoms. The fourth-order valence-corrected chi connectivity index (χ4v) is 2.41. The summed E-state index contributed by atoms with van der Waals surface area (Å²) in [7, 11) is 1.67. The van der Waals surface area contributed by atoms with Crippen LogP contribution in [0.25, 0.3) is 22.3 Å². The van der Waals surface area contributed by atoms with Gasteiger partial charge in [0.15, 0.2) is 0 Å². The molecule has 0 N–H and O–H groups in total. The lowest BCUT2D eigenvalue weighted by Crippen LogP contribution is -1.84. The van der Waals surface area contributed by atoms with Gasteiger partial charge in [-0.2, -0.15) is 0 Å². The van der Waals surface area contributed by atoms with E-state index < -0.39 is 0 Å². The van der Waals surface area contributed by atoms with Crippen LogP contribution in [0.3, 0.4) is 0 Å². The molecule has 0 aliphatic heterocycles. The predicted molar refractivity (Wildman–Crippen MR) is 89.3 cm³/mol. The van der Waals surface area contributed by atoms with Gasteiger partial charge in [-0.15, -0.1) is 0 Å². The number of hydrogen-bond donors (Lipinski definition) is 0. The van der Waals surface area contributed by atoms with E-state index in [1.807, 2.05) is 42.5 Å². The Balaban J connectivity index is 1.89. The summed E-state index contributed by atoms with van der Waals surface area (Å²) in [6.07, 6.45) is 0.857. The monoisotopic (exact) mass is 288 g/mol. The van der Waals surface area contributed by atoms with E-state index in [9.17, 15) is 4.79 Å². The van der Waals surface area contributed by atoms with Gasteiger partial charge in [0.2, 0.25) is 0 Å². The molecule has 108 valence electrons. The highest BCUT2D eigenvalue weighted by Gasteiger charge is 2.02. The van der Waals surface area contributed by atoms with Gasteiger partial charge in [-0.3, -0.25) is 4.79 Å². The van der Waals surface area contributed by atoms with Crippen LogP contribution in [0.1, 0.15) is 10.4 Å². The highest BCUT2D eigenvalue weighted by atomic mass is 16.5. The van der Waals surface area contributed by atoms with Crippen molar-refractivity contribution in [3.8, 4) is 28.0 Å². The maximum absolute atomic E-state index is 10.7. The molecule has 0 heterocycles. The molecule has 0 aliphatic carbocycles. The molecule has 0 saturated carbocycles. The lowest BCUT2D eigenvalue weighted by Gasteiger charge is -2.07. The van der Waals surface area contributed by atoms with Gasteiger partial charge in [0.1, 0.15) is 12.0 Å². The first-order valence-electron chi connectivity index (χ1n) is 7.10. The summed E-state index contributed by atoms with van der Waals surface area (Å²) in [6.45, 7) is 0. The average molecular weight is 288 g/mol. The zero-order chi connectivity index (χ0) is 15.4. The van der Waals surface area contributed by atoms with Crippen molar-refractivity contribution in [3.63, 3.8) is 0 Å². The molecular formula is C20H16O2. The highest BCUT2D eigenvalue weighted by Crippen LogP contribution is 2.27. The lowest BCUT2D eigenvalue weighted by atomic mass is 9.99. The van der Waals surface area contributed by atoms with Crippen LogP contribution in [0, 0.1) is 0 Å². The van der Waals surface area contributed by atoms with Gasteiger partial charge in [0, 0.05) is 5.56 Å². The molecule has 0 unspecified atom stereocenters. The third-order valence-corrected chi connectivity index (χ3v) is 3.67. The van der Waals surface area contributed by atoms with Crippen molar-refractivity contribution in [2.45, 2.75) is 0 Å². The Morgan fingerprint density at radius 3 is 1.82 bits per heavy atom. The lowest BCUT2D eigenvalue weighted by molar-refractivity contribution is 0.112. The molecule has 0 amide bonds. The highest BCUT2D eigenvalue weighted by molar-refractivity contribution is 5.77. The number of rotatable bonds is 4. The number of hydrogen-bond acceptors (Lipinski definition) is 2. The Morgan fingerprint density at radius 1 is 0.727 bits per heavy atom. The topological polar surface area (TPSA) is 26.3 Å². The first kappa shape index (κ1) is 14.1. The van der Waals surface area contributed by atoms with E-state index in [-0.39, 0.29) is 0 Å². The van der Waals surface area contributed by atoms with Crippen LogP contribution < -0.4 is 4.74 Å². The van der Waals surface area contributed by atoms with Crippen LogP contribution in [0.2, 0.25) is 0 Å². The van der Waals surface area contributed by atoms with Crippen LogP contribution in [0.15, 0.2) is 72.8 Å². The van der Waals surface area contributed by atoms with Crippen molar-refractivity contribution in [2.75, 3.05) is 7.11 Å². The smallest absolute Gasteiger partial charge is 0.150 e. The van der Waals surface area contributed by atoms with Crippen molar-refractivity contribution in [2.24, 2.45) is 0 Å². The van der Waals surface area contributed by atoms with Gasteiger partial charge in [0.05, 0.1) is 7.11 Å². The minimum absolute atomic E-state index is 0.691. The third kappa shape index (κ3) is 2.91. The standard InChI is InChI=1S/C20H16O2/c1-22-20-4-2-3-19(13-20)18-11-9-17(10-12-18)16-7-5-15(14-21)6-8-16/h2-14H,1H3. The fraction of sp³-hybridized carbons (Fsp3) is 0.0500. The normalized spacial score (nSPS) is 10.2. The van der Waals surface area contributed by atoms with Gasteiger partial charge >= 0.3 is 0 Å². The second-order valence-electron chi connectivity index (χ2n) is 5.05. The molecule has 3 rings (SSSR count). The van der Waals surface area contributed by atoms with Gasteiger partial charge in [-0.25, -0.2) is 0 Å². The fourth-order valence-electron chi connectivity index (χ4n) is 2.41. The third-order valence-electron chi connectivity index (χ3n) is 3.67. The van der Waals surface area contributed by atoms with Gasteiger partial charge in [-0.05, 0) is 34.4 Å². The number of carbonyl (C=O) groups excluding carboxylic acids is 1. The Hall–Kier alpha value is -2.87. The van der Waals surface area contributed by atoms with E-state index in [0.29, 0.717) is 5.56 Å². The van der Waals surface area contributed by atoms with Gasteiger partial charge in [-0.1, -0.05) is 60.7 Å². The minimum Gasteiger partial charge on any atom is -0.497 e. The van der Waals surface area contributed by atoms with E-state index in [1.165, 1.54) is 0 Å². The van der Waals surface area contributed by atoms with Gasteiger partial charge < -0.3 is 4.74 Å². The molecule has 0 fully saturated rings. The van der Waals surface area contributed by atoms with Gasteiger partial charge in [0.25, 0.3) is 0 Å². The Morgan fingerprint density at radius 2 is 1.27 bits per heavy atom. The molecule has 0 aliphatic rings. The van der Waals surface area contributed by atoms with Crippen LogP contribution in [0.5, 0.6) is 5.75 Å². The molecule has 3 aromatic carbocycles. The average Bonchev–Trinajstić information content (AvgIpc) is 2.62. The Labute approximate surface area is 130 Å². The van der Waals surface area contributed by atoms with Crippen LogP contribution >= 0.6 is 0 Å². The molecule has 0 aromatic heterocycles. The van der Waals surface area contributed by atoms with E-state index in [1.54, 1.807) is 7.11 Å². The molecule has 3 aromatic rings. The summed E-state index contributed by atoms with van der Waals surface area (Å²) >= 11 is 0. The minimum atomic E-state index is 0.691. The molecule has 2 nitrogen and oxygen atoms in total. The molecule has 22 heavy (non-hydrogen) atoms. The first-order valence-corrected chi connectivity index (χ1v) is 7.10. The Bertz CT molecular complexity index is 772. The van der Waals surface area contributed by atoms with E-state index in [0.717, 1.165) is 34.3 Å². The van der Waals surface area contributed by atoms with Crippen molar-refractivity contribution in [1.29, 1.82) is 0 Å². The predicted octanol–water partition coefficient (Wildman–Crippen LogP) is 4.84. The second kappa shape index (κ2) is 6.27. The molecule has 0 saturated heterocycles. The van der Waals surface area contributed by atoms with E-state index in [4.69, 9.17) is 4.74 Å². The summed E-state index contributed by atoms with van der Waals surface area (Å²) < 4.78 is 5.26. The summed E-state index contributed by atoms with van der Waals surface area (Å²) in [5.41, 5.74) is 5.19. The Kier molecular flexibility index (Phi) is 4.01.